The van der Waals surface area contributed by atoms with Crippen LogP contribution in [0.15, 0.2) is 0 Å². The molecule has 1 unspecified atom stereocenters. The van der Waals surface area contributed by atoms with Gasteiger partial charge in [-0.2, -0.15) is 13.2 Å². The van der Waals surface area contributed by atoms with Crippen molar-refractivity contribution in [3.63, 3.8) is 0 Å². The van der Waals surface area contributed by atoms with Gasteiger partial charge in [0.15, 0.2) is 0 Å². The fourth-order valence-corrected chi connectivity index (χ4v) is 2.24. The predicted molar refractivity (Wildman–Crippen MR) is 44.3 cm³/mol. The van der Waals surface area contributed by atoms with Crippen molar-refractivity contribution in [2.24, 2.45) is 0 Å². The van der Waals surface area contributed by atoms with Gasteiger partial charge in [-0.25, -0.2) is 0 Å². The van der Waals surface area contributed by atoms with Crippen molar-refractivity contribution in [2.75, 3.05) is 12.3 Å². The van der Waals surface area contributed by atoms with Gasteiger partial charge in [0.2, 0.25) is 5.91 Å². The Morgan fingerprint density at radius 2 is 2.23 bits per heavy atom. The van der Waals surface area contributed by atoms with E-state index in [1.54, 1.807) is 6.92 Å². The van der Waals surface area contributed by atoms with E-state index >= 15 is 0 Å². The SMILES string of the molecule is CC1SCCN1C(=O)CC(F)(F)F. The van der Waals surface area contributed by atoms with Crippen molar-refractivity contribution in [3.05, 3.63) is 0 Å². The second-order valence-electron chi connectivity index (χ2n) is 2.85. The summed E-state index contributed by atoms with van der Waals surface area (Å²) in [4.78, 5) is 12.3. The van der Waals surface area contributed by atoms with Crippen LogP contribution in [0.25, 0.3) is 0 Å². The van der Waals surface area contributed by atoms with Crippen LogP contribution in [0.3, 0.4) is 0 Å². The molecule has 2 nitrogen and oxygen atoms in total. The summed E-state index contributed by atoms with van der Waals surface area (Å²) in [5.74, 6) is -0.0879. The average Bonchev–Trinajstić information content (AvgIpc) is 2.30. The number of nitrogens with zero attached hydrogens (tertiary/aromatic N) is 1. The molecule has 13 heavy (non-hydrogen) atoms. The molecule has 1 rings (SSSR count). The van der Waals surface area contributed by atoms with Crippen LogP contribution >= 0.6 is 11.8 Å². The van der Waals surface area contributed by atoms with E-state index in [-0.39, 0.29) is 5.37 Å². The third-order valence-electron chi connectivity index (χ3n) is 1.80. The van der Waals surface area contributed by atoms with Crippen molar-refractivity contribution in [3.8, 4) is 0 Å². The van der Waals surface area contributed by atoms with Gasteiger partial charge >= 0.3 is 6.18 Å². The first-order chi connectivity index (χ1) is 5.90. The van der Waals surface area contributed by atoms with E-state index in [2.05, 4.69) is 0 Å². The maximum absolute atomic E-state index is 11.8. The van der Waals surface area contributed by atoms with Gasteiger partial charge in [-0.1, -0.05) is 0 Å². The third-order valence-corrected chi connectivity index (χ3v) is 2.96. The number of halogens is 3. The Bertz CT molecular complexity index is 206. The molecule has 0 N–H and O–H groups in total. The number of hydrogen-bond acceptors (Lipinski definition) is 2. The molecule has 1 heterocycles. The summed E-state index contributed by atoms with van der Waals surface area (Å²) in [6.45, 7) is 2.17. The van der Waals surface area contributed by atoms with E-state index in [4.69, 9.17) is 0 Å². The maximum Gasteiger partial charge on any atom is 0.397 e. The Labute approximate surface area is 78.5 Å². The zero-order chi connectivity index (χ0) is 10.1. The number of carbonyl (C=O) groups excluding carboxylic acids is 1. The molecular weight excluding hydrogens is 203 g/mol. The topological polar surface area (TPSA) is 20.3 Å². The third kappa shape index (κ3) is 3.10. The molecule has 76 valence electrons. The van der Waals surface area contributed by atoms with Gasteiger partial charge in [0.25, 0.3) is 0 Å². The molecule has 1 fully saturated rings. The van der Waals surface area contributed by atoms with Gasteiger partial charge in [0.1, 0.15) is 6.42 Å². The number of thioether (sulfide) groups is 1. The lowest BCUT2D eigenvalue weighted by Crippen LogP contribution is -2.35. The highest BCUT2D eigenvalue weighted by atomic mass is 32.2. The fourth-order valence-electron chi connectivity index (χ4n) is 1.19. The zero-order valence-electron chi connectivity index (χ0n) is 7.10. The smallest absolute Gasteiger partial charge is 0.330 e. The van der Waals surface area contributed by atoms with Crippen LogP contribution in [0.4, 0.5) is 13.2 Å². The van der Waals surface area contributed by atoms with Crippen molar-refractivity contribution < 1.29 is 18.0 Å². The van der Waals surface area contributed by atoms with E-state index in [9.17, 15) is 18.0 Å². The first kappa shape index (κ1) is 10.7. The highest BCUT2D eigenvalue weighted by Crippen LogP contribution is 2.27. The Hall–Kier alpha value is -0.390. The van der Waals surface area contributed by atoms with E-state index in [1.807, 2.05) is 0 Å². The Balaban J connectivity index is 2.48. The quantitative estimate of drug-likeness (QED) is 0.662. The summed E-state index contributed by atoms with van der Waals surface area (Å²) >= 11 is 1.50. The molecular formula is C7H10F3NOS. The minimum Gasteiger partial charge on any atom is -0.330 e. The fraction of sp³-hybridized carbons (Fsp3) is 0.857. The van der Waals surface area contributed by atoms with Gasteiger partial charge < -0.3 is 4.90 Å². The number of amides is 1. The van der Waals surface area contributed by atoms with Gasteiger partial charge in [-0.05, 0) is 6.92 Å². The highest BCUT2D eigenvalue weighted by molar-refractivity contribution is 8.00. The minimum absolute atomic E-state index is 0.116. The van der Waals surface area contributed by atoms with Crippen molar-refractivity contribution in [2.45, 2.75) is 24.9 Å². The second-order valence-corrected chi connectivity index (χ2v) is 4.27. The van der Waals surface area contributed by atoms with Gasteiger partial charge in [-0.3, -0.25) is 4.79 Å². The summed E-state index contributed by atoms with van der Waals surface area (Å²) in [6, 6.07) is 0. The average molecular weight is 213 g/mol. The first-order valence-electron chi connectivity index (χ1n) is 3.88. The van der Waals surface area contributed by atoms with Crippen LogP contribution in [0, 0.1) is 0 Å². The number of alkyl halides is 3. The largest absolute Gasteiger partial charge is 0.397 e. The summed E-state index contributed by atoms with van der Waals surface area (Å²) in [5.41, 5.74) is 0. The van der Waals surface area contributed by atoms with E-state index < -0.39 is 18.5 Å². The van der Waals surface area contributed by atoms with Gasteiger partial charge in [-0.15, -0.1) is 11.8 Å². The molecule has 0 aliphatic carbocycles. The highest BCUT2D eigenvalue weighted by Gasteiger charge is 2.36. The van der Waals surface area contributed by atoms with Crippen LogP contribution in [0.1, 0.15) is 13.3 Å². The Kier molecular flexibility index (Phi) is 3.10. The number of rotatable bonds is 1. The van der Waals surface area contributed by atoms with Gasteiger partial charge in [0.05, 0.1) is 5.37 Å². The van der Waals surface area contributed by atoms with Gasteiger partial charge in [0, 0.05) is 12.3 Å². The summed E-state index contributed by atoms with van der Waals surface area (Å²) in [7, 11) is 0. The predicted octanol–water partition coefficient (Wildman–Crippen LogP) is 1.86. The maximum atomic E-state index is 11.8. The monoisotopic (exact) mass is 213 g/mol. The number of carbonyl (C=O) groups is 1. The molecule has 0 bridgehead atoms. The lowest BCUT2D eigenvalue weighted by molar-refractivity contribution is -0.161. The molecule has 0 saturated carbocycles. The van der Waals surface area contributed by atoms with Crippen LogP contribution in [0.2, 0.25) is 0 Å². The molecule has 0 spiro atoms. The van der Waals surface area contributed by atoms with Crippen molar-refractivity contribution in [1.82, 2.24) is 4.90 Å². The first-order valence-corrected chi connectivity index (χ1v) is 4.93. The molecule has 1 aliphatic rings. The van der Waals surface area contributed by atoms with E-state index in [0.717, 1.165) is 5.75 Å². The zero-order valence-corrected chi connectivity index (χ0v) is 7.91. The normalized spacial score (nSPS) is 23.7. The van der Waals surface area contributed by atoms with E-state index in [0.29, 0.717) is 6.54 Å². The molecule has 0 aromatic heterocycles. The van der Waals surface area contributed by atoms with E-state index in [1.165, 1.54) is 16.7 Å². The minimum atomic E-state index is -4.38. The molecule has 1 atom stereocenters. The Morgan fingerprint density at radius 3 is 2.62 bits per heavy atom. The second kappa shape index (κ2) is 3.77. The molecule has 1 amide bonds. The van der Waals surface area contributed by atoms with Crippen LogP contribution in [-0.2, 0) is 4.79 Å². The van der Waals surface area contributed by atoms with Crippen molar-refractivity contribution in [1.29, 1.82) is 0 Å². The number of hydrogen-bond donors (Lipinski definition) is 0. The Morgan fingerprint density at radius 1 is 1.62 bits per heavy atom. The van der Waals surface area contributed by atoms with Crippen LogP contribution in [0.5, 0.6) is 0 Å². The lowest BCUT2D eigenvalue weighted by Gasteiger charge is -2.20. The molecule has 0 aromatic rings. The lowest BCUT2D eigenvalue weighted by atomic mass is 10.3. The molecule has 6 heteroatoms. The van der Waals surface area contributed by atoms with Crippen LogP contribution in [-0.4, -0.2) is 34.7 Å². The van der Waals surface area contributed by atoms with Crippen molar-refractivity contribution >= 4 is 17.7 Å². The molecule has 0 aromatic carbocycles. The standard InChI is InChI=1S/C7H10F3NOS/c1-5-11(2-3-13-5)6(12)4-7(8,9)10/h5H,2-4H2,1H3. The molecule has 0 radical (unpaired) electrons. The summed E-state index contributed by atoms with van der Waals surface area (Å²) in [6.07, 6.45) is -5.72. The molecule has 1 aliphatic heterocycles. The van der Waals surface area contributed by atoms with Crippen LogP contribution < -0.4 is 0 Å². The summed E-state index contributed by atoms with van der Waals surface area (Å²) in [5, 5.41) is -0.116. The summed E-state index contributed by atoms with van der Waals surface area (Å²) < 4.78 is 35.5. The molecule has 1 saturated heterocycles.